The molecule has 4 rings (SSSR count). The first-order valence-corrected chi connectivity index (χ1v) is 10.3. The fourth-order valence-corrected chi connectivity index (χ4v) is 4.38. The van der Waals surface area contributed by atoms with Gasteiger partial charge in [0.15, 0.2) is 0 Å². The minimum Gasteiger partial charge on any atom is -0.507 e. The quantitative estimate of drug-likeness (QED) is 0.589. The molecule has 0 aliphatic carbocycles. The van der Waals surface area contributed by atoms with Crippen molar-refractivity contribution in [3.63, 3.8) is 0 Å². The summed E-state index contributed by atoms with van der Waals surface area (Å²) in [5.74, 6) is 0.320. The molecule has 1 aliphatic rings. The Kier molecular flexibility index (Phi) is 5.17. The minimum absolute atomic E-state index is 0.0608. The minimum atomic E-state index is -1.12. The molecule has 3 aromatic rings. The van der Waals surface area contributed by atoms with E-state index >= 15 is 0 Å². The lowest BCUT2D eigenvalue weighted by molar-refractivity contribution is 0.0654. The van der Waals surface area contributed by atoms with Gasteiger partial charge in [-0.05, 0) is 52.3 Å². The van der Waals surface area contributed by atoms with E-state index in [1.807, 2.05) is 39.2 Å². The van der Waals surface area contributed by atoms with Gasteiger partial charge < -0.3 is 15.7 Å². The highest BCUT2D eigenvalue weighted by Crippen LogP contribution is 2.33. The maximum atomic E-state index is 15.0. The number of phenolic OH excluding ortho intramolecular Hbond substituents is 1. The summed E-state index contributed by atoms with van der Waals surface area (Å²) in [5, 5.41) is 29.6. The molecule has 9 heteroatoms. The lowest BCUT2D eigenvalue weighted by atomic mass is 9.78. The number of aryl methyl sites for hydroxylation is 1. The molecule has 0 spiro atoms. The van der Waals surface area contributed by atoms with Crippen molar-refractivity contribution in [2.24, 2.45) is 7.05 Å². The molecule has 1 saturated heterocycles. The number of alkyl halides is 1. The molecule has 2 atom stereocenters. The van der Waals surface area contributed by atoms with Crippen molar-refractivity contribution in [3.05, 3.63) is 36.7 Å². The van der Waals surface area contributed by atoms with Crippen molar-refractivity contribution in [2.75, 3.05) is 5.32 Å². The van der Waals surface area contributed by atoms with Crippen molar-refractivity contribution >= 4 is 5.95 Å². The van der Waals surface area contributed by atoms with E-state index in [0.29, 0.717) is 17.7 Å². The van der Waals surface area contributed by atoms with Crippen molar-refractivity contribution < 1.29 is 9.50 Å². The molecule has 0 amide bonds. The van der Waals surface area contributed by atoms with Crippen LogP contribution in [0.25, 0.3) is 22.5 Å². The second-order valence-corrected chi connectivity index (χ2v) is 9.36. The number of halogens is 1. The van der Waals surface area contributed by atoms with E-state index in [-0.39, 0.29) is 17.2 Å². The summed E-state index contributed by atoms with van der Waals surface area (Å²) >= 11 is 0. The van der Waals surface area contributed by atoms with Crippen LogP contribution in [0, 0.1) is 0 Å². The van der Waals surface area contributed by atoms with E-state index in [0.717, 1.165) is 11.3 Å². The van der Waals surface area contributed by atoms with Gasteiger partial charge in [-0.25, -0.2) is 9.37 Å². The first-order valence-electron chi connectivity index (χ1n) is 10.3. The van der Waals surface area contributed by atoms with Gasteiger partial charge in [0.2, 0.25) is 5.95 Å². The molecule has 1 aliphatic heterocycles. The molecule has 0 radical (unpaired) electrons. The van der Waals surface area contributed by atoms with Gasteiger partial charge in [0.1, 0.15) is 17.6 Å². The number of benzene rings is 1. The zero-order valence-corrected chi connectivity index (χ0v) is 18.4. The number of rotatable bonds is 4. The maximum Gasteiger partial charge on any atom is 0.243 e. The van der Waals surface area contributed by atoms with E-state index < -0.39 is 17.8 Å². The van der Waals surface area contributed by atoms with Crippen LogP contribution in [0.15, 0.2) is 36.7 Å². The van der Waals surface area contributed by atoms with E-state index in [2.05, 4.69) is 44.8 Å². The van der Waals surface area contributed by atoms with Crippen LogP contribution >= 0.6 is 0 Å². The smallest absolute Gasteiger partial charge is 0.243 e. The van der Waals surface area contributed by atoms with Crippen LogP contribution in [0.4, 0.5) is 10.3 Å². The Morgan fingerprint density at radius 2 is 1.94 bits per heavy atom. The molecule has 3 heterocycles. The average Bonchev–Trinajstić information content (AvgIpc) is 3.12. The predicted octanol–water partition coefficient (Wildman–Crippen LogP) is 3.31. The number of aromatic nitrogens is 5. The summed E-state index contributed by atoms with van der Waals surface area (Å²) in [6, 6.07) is 6.69. The second kappa shape index (κ2) is 7.56. The number of hydrogen-bond donors (Lipinski definition) is 3. The molecule has 0 saturated carbocycles. The molecule has 1 fully saturated rings. The highest BCUT2D eigenvalue weighted by molar-refractivity contribution is 5.72. The molecular weight excluding hydrogens is 397 g/mol. The summed E-state index contributed by atoms with van der Waals surface area (Å²) < 4.78 is 16.7. The van der Waals surface area contributed by atoms with Crippen molar-refractivity contribution in [2.45, 2.75) is 57.4 Å². The number of hydrogen-bond acceptors (Lipinski definition) is 7. The SMILES string of the molecule is Cn1ccc(-c2ccc(-c3cnc(NC4CC(C)(C)NC(C)(C)C4F)nn3)c(O)c2)n1. The third-order valence-electron chi connectivity index (χ3n) is 5.59. The zero-order chi connectivity index (χ0) is 22.4. The zero-order valence-electron chi connectivity index (χ0n) is 18.4. The lowest BCUT2D eigenvalue weighted by Gasteiger charge is -2.48. The Morgan fingerprint density at radius 1 is 1.16 bits per heavy atom. The first kappa shape index (κ1) is 21.2. The highest BCUT2D eigenvalue weighted by atomic mass is 19.1. The van der Waals surface area contributed by atoms with Crippen LogP contribution in [-0.4, -0.2) is 53.4 Å². The Balaban J connectivity index is 1.52. The summed E-state index contributed by atoms with van der Waals surface area (Å²) in [6.07, 6.45) is 2.83. The van der Waals surface area contributed by atoms with Gasteiger partial charge in [-0.2, -0.15) is 5.10 Å². The fourth-order valence-electron chi connectivity index (χ4n) is 4.38. The first-order chi connectivity index (χ1) is 14.5. The summed E-state index contributed by atoms with van der Waals surface area (Å²) in [4.78, 5) is 4.31. The molecule has 2 unspecified atom stereocenters. The van der Waals surface area contributed by atoms with Crippen LogP contribution in [0.3, 0.4) is 0 Å². The Hall–Kier alpha value is -3.07. The van der Waals surface area contributed by atoms with Gasteiger partial charge in [-0.15, -0.1) is 10.2 Å². The van der Waals surface area contributed by atoms with Crippen LogP contribution in [0.2, 0.25) is 0 Å². The molecular formula is C22H28FN7O. The predicted molar refractivity (Wildman–Crippen MR) is 117 cm³/mol. The number of phenols is 1. The molecule has 164 valence electrons. The van der Waals surface area contributed by atoms with Crippen LogP contribution < -0.4 is 10.6 Å². The number of anilines is 1. The topological polar surface area (TPSA) is 101 Å². The van der Waals surface area contributed by atoms with E-state index in [1.165, 1.54) is 6.20 Å². The number of aromatic hydroxyl groups is 1. The van der Waals surface area contributed by atoms with Gasteiger partial charge >= 0.3 is 0 Å². The Morgan fingerprint density at radius 3 is 2.55 bits per heavy atom. The normalized spacial score (nSPS) is 22.3. The van der Waals surface area contributed by atoms with Crippen molar-refractivity contribution in [1.29, 1.82) is 0 Å². The third kappa shape index (κ3) is 4.36. The van der Waals surface area contributed by atoms with Crippen molar-refractivity contribution in [3.8, 4) is 28.3 Å². The average molecular weight is 426 g/mol. The van der Waals surface area contributed by atoms with E-state index in [9.17, 15) is 9.50 Å². The third-order valence-corrected chi connectivity index (χ3v) is 5.59. The molecule has 2 aromatic heterocycles. The molecule has 8 nitrogen and oxygen atoms in total. The Labute approximate surface area is 180 Å². The maximum absolute atomic E-state index is 15.0. The fraction of sp³-hybridized carbons (Fsp3) is 0.455. The molecule has 1 aromatic carbocycles. The Bertz CT molecular complexity index is 1080. The standard InChI is InChI=1S/C22H28FN7O/c1-21(2)11-16(19(23)22(3,4)29-21)25-20-24-12-17(26-27-20)14-7-6-13(10-18(14)31)15-8-9-30(5)28-15/h6-10,12,16,19,29,31H,11H2,1-5H3,(H,24,25,27). The highest BCUT2D eigenvalue weighted by Gasteiger charge is 2.46. The number of piperidine rings is 1. The molecule has 31 heavy (non-hydrogen) atoms. The van der Waals surface area contributed by atoms with Gasteiger partial charge in [-0.3, -0.25) is 4.68 Å². The van der Waals surface area contributed by atoms with E-state index in [4.69, 9.17) is 0 Å². The van der Waals surface area contributed by atoms with E-state index in [1.54, 1.807) is 16.8 Å². The monoisotopic (exact) mass is 425 g/mol. The summed E-state index contributed by atoms with van der Waals surface area (Å²) in [5.41, 5.74) is 1.61. The second-order valence-electron chi connectivity index (χ2n) is 9.36. The number of nitrogens with one attached hydrogen (secondary N) is 2. The van der Waals surface area contributed by atoms with Gasteiger partial charge in [0.25, 0.3) is 0 Å². The lowest BCUT2D eigenvalue weighted by Crippen LogP contribution is -2.67. The van der Waals surface area contributed by atoms with Crippen molar-refractivity contribution in [1.82, 2.24) is 30.3 Å². The number of nitrogens with zero attached hydrogens (tertiary/aromatic N) is 5. The van der Waals surface area contributed by atoms with Gasteiger partial charge in [-0.1, -0.05) is 6.07 Å². The summed E-state index contributed by atoms with van der Waals surface area (Å²) in [6.45, 7) is 7.81. The van der Waals surface area contributed by atoms with Gasteiger partial charge in [0.05, 0.1) is 17.9 Å². The van der Waals surface area contributed by atoms with Crippen LogP contribution in [0.1, 0.15) is 34.1 Å². The van der Waals surface area contributed by atoms with Crippen LogP contribution in [-0.2, 0) is 7.05 Å². The summed E-state index contributed by atoms with van der Waals surface area (Å²) in [7, 11) is 1.84. The van der Waals surface area contributed by atoms with Gasteiger partial charge in [0, 0.05) is 35.4 Å². The largest absolute Gasteiger partial charge is 0.507 e. The molecule has 0 bridgehead atoms. The van der Waals surface area contributed by atoms with Crippen LogP contribution in [0.5, 0.6) is 5.75 Å². The molecule has 3 N–H and O–H groups in total.